The maximum atomic E-state index is 11.4. The summed E-state index contributed by atoms with van der Waals surface area (Å²) in [4.78, 5) is 11.4. The lowest BCUT2D eigenvalue weighted by molar-refractivity contribution is -0.139. The van der Waals surface area contributed by atoms with E-state index in [1.54, 1.807) is 0 Å². The molecule has 1 atom stereocenters. The number of esters is 1. The van der Waals surface area contributed by atoms with Crippen molar-refractivity contribution in [2.24, 2.45) is 0 Å². The van der Waals surface area contributed by atoms with Crippen molar-refractivity contribution in [2.75, 3.05) is 0 Å². The molecule has 0 fully saturated rings. The first-order chi connectivity index (χ1) is 9.79. The van der Waals surface area contributed by atoms with Gasteiger partial charge in [-0.25, -0.2) is 4.79 Å². The van der Waals surface area contributed by atoms with Crippen LogP contribution in [0.1, 0.15) is 44.6 Å². The minimum Gasteiger partial charge on any atom is -0.489 e. The summed E-state index contributed by atoms with van der Waals surface area (Å²) < 4.78 is 11.0. The summed E-state index contributed by atoms with van der Waals surface area (Å²) in [6.45, 7) is 2.67. The van der Waals surface area contributed by atoms with Crippen molar-refractivity contribution in [3.05, 3.63) is 47.7 Å². The Labute approximate surface area is 120 Å². The molecule has 0 spiro atoms. The summed E-state index contributed by atoms with van der Waals surface area (Å²) >= 11 is 0. The molecule has 0 aliphatic carbocycles. The predicted molar refractivity (Wildman–Crippen MR) is 78.0 cm³/mol. The van der Waals surface area contributed by atoms with E-state index in [0.29, 0.717) is 12.4 Å². The molecule has 0 saturated heterocycles. The molecule has 0 bridgehead atoms. The number of rotatable bonds is 8. The Morgan fingerprint density at radius 2 is 1.95 bits per heavy atom. The molecule has 1 aromatic carbocycles. The normalized spacial score (nSPS) is 17.8. The number of ether oxygens (including phenoxy) is 2. The standard InChI is InChI=1S/C17H22O3/c1-2-3-4-8-11-15-16(12-17(18)20-15)19-13-14-9-6-5-7-10-14/h5-7,9-10,12,15H,2-4,8,11,13H2,1H3. The highest BCUT2D eigenvalue weighted by Crippen LogP contribution is 2.23. The first-order valence-electron chi connectivity index (χ1n) is 7.38. The fraction of sp³-hybridized carbons (Fsp3) is 0.471. The zero-order valence-corrected chi connectivity index (χ0v) is 12.0. The van der Waals surface area contributed by atoms with Crippen LogP contribution >= 0.6 is 0 Å². The van der Waals surface area contributed by atoms with Crippen LogP contribution in [0.4, 0.5) is 0 Å². The van der Waals surface area contributed by atoms with Crippen LogP contribution in [0.3, 0.4) is 0 Å². The zero-order valence-electron chi connectivity index (χ0n) is 12.0. The van der Waals surface area contributed by atoms with Crippen LogP contribution in [0.15, 0.2) is 42.2 Å². The molecule has 0 radical (unpaired) electrons. The summed E-state index contributed by atoms with van der Waals surface area (Å²) in [7, 11) is 0. The van der Waals surface area contributed by atoms with Crippen molar-refractivity contribution in [1.82, 2.24) is 0 Å². The molecule has 1 heterocycles. The average molecular weight is 274 g/mol. The number of unbranched alkanes of at least 4 members (excludes halogenated alkanes) is 3. The minimum absolute atomic E-state index is 0.192. The highest BCUT2D eigenvalue weighted by molar-refractivity contribution is 5.85. The molecule has 1 aliphatic heterocycles. The van der Waals surface area contributed by atoms with Crippen LogP contribution in [0.25, 0.3) is 0 Å². The number of carbonyl (C=O) groups excluding carboxylic acids is 1. The highest BCUT2D eigenvalue weighted by atomic mass is 16.6. The molecule has 20 heavy (non-hydrogen) atoms. The molecule has 0 N–H and O–H groups in total. The molecule has 1 aliphatic rings. The number of hydrogen-bond donors (Lipinski definition) is 0. The summed E-state index contributed by atoms with van der Waals surface area (Å²) in [5.74, 6) is 0.393. The van der Waals surface area contributed by atoms with Gasteiger partial charge in [-0.05, 0) is 18.4 Å². The average Bonchev–Trinajstić information content (AvgIpc) is 2.83. The molecular weight excluding hydrogens is 252 g/mol. The summed E-state index contributed by atoms with van der Waals surface area (Å²) in [6, 6.07) is 9.95. The zero-order chi connectivity index (χ0) is 14.2. The van der Waals surface area contributed by atoms with Crippen LogP contribution in [0, 0.1) is 0 Å². The van der Waals surface area contributed by atoms with Crippen LogP contribution in [-0.2, 0) is 20.9 Å². The Hall–Kier alpha value is -1.77. The lowest BCUT2D eigenvalue weighted by Crippen LogP contribution is -2.13. The summed E-state index contributed by atoms with van der Waals surface area (Å²) in [5, 5.41) is 0. The van der Waals surface area contributed by atoms with E-state index < -0.39 is 0 Å². The van der Waals surface area contributed by atoms with Gasteiger partial charge in [0, 0.05) is 0 Å². The Morgan fingerprint density at radius 1 is 1.15 bits per heavy atom. The maximum absolute atomic E-state index is 11.4. The first-order valence-corrected chi connectivity index (χ1v) is 7.38. The second-order valence-corrected chi connectivity index (χ2v) is 5.10. The van der Waals surface area contributed by atoms with E-state index in [9.17, 15) is 4.79 Å². The van der Waals surface area contributed by atoms with Crippen LogP contribution in [-0.4, -0.2) is 12.1 Å². The Balaban J connectivity index is 1.81. The molecule has 108 valence electrons. The van der Waals surface area contributed by atoms with Gasteiger partial charge < -0.3 is 9.47 Å². The lowest BCUT2D eigenvalue weighted by Gasteiger charge is -2.15. The molecule has 1 aromatic rings. The van der Waals surface area contributed by atoms with Gasteiger partial charge in [0.15, 0.2) is 6.10 Å². The molecule has 3 nitrogen and oxygen atoms in total. The molecule has 3 heteroatoms. The van der Waals surface area contributed by atoms with E-state index >= 15 is 0 Å². The van der Waals surface area contributed by atoms with Gasteiger partial charge in [-0.3, -0.25) is 0 Å². The third-order valence-corrected chi connectivity index (χ3v) is 3.40. The third-order valence-electron chi connectivity index (χ3n) is 3.40. The van der Waals surface area contributed by atoms with Crippen LogP contribution < -0.4 is 0 Å². The number of benzene rings is 1. The first kappa shape index (κ1) is 14.6. The Kier molecular flexibility index (Phi) is 5.66. The number of hydrogen-bond acceptors (Lipinski definition) is 3. The van der Waals surface area contributed by atoms with E-state index in [2.05, 4.69) is 6.92 Å². The van der Waals surface area contributed by atoms with Crippen molar-refractivity contribution >= 4 is 5.97 Å². The SMILES string of the molecule is CCCCCCC1OC(=O)C=C1OCc1ccccc1. The fourth-order valence-corrected chi connectivity index (χ4v) is 2.27. The third kappa shape index (κ3) is 4.41. The van der Waals surface area contributed by atoms with Gasteiger partial charge in [-0.1, -0.05) is 56.5 Å². The Morgan fingerprint density at radius 3 is 2.70 bits per heavy atom. The fourth-order valence-electron chi connectivity index (χ4n) is 2.27. The van der Waals surface area contributed by atoms with Gasteiger partial charge in [-0.15, -0.1) is 0 Å². The van der Waals surface area contributed by atoms with Crippen molar-refractivity contribution in [3.8, 4) is 0 Å². The minimum atomic E-state index is -0.284. The topological polar surface area (TPSA) is 35.5 Å². The van der Waals surface area contributed by atoms with E-state index in [4.69, 9.17) is 9.47 Å². The van der Waals surface area contributed by atoms with Gasteiger partial charge >= 0.3 is 5.97 Å². The smallest absolute Gasteiger partial charge is 0.335 e. The molecule has 2 rings (SSSR count). The van der Waals surface area contributed by atoms with Gasteiger partial charge in [0.1, 0.15) is 12.4 Å². The van der Waals surface area contributed by atoms with Crippen molar-refractivity contribution in [2.45, 2.75) is 51.7 Å². The number of carbonyl (C=O) groups is 1. The van der Waals surface area contributed by atoms with E-state index in [0.717, 1.165) is 18.4 Å². The monoisotopic (exact) mass is 274 g/mol. The lowest BCUT2D eigenvalue weighted by atomic mass is 10.1. The van der Waals surface area contributed by atoms with Crippen LogP contribution in [0.2, 0.25) is 0 Å². The predicted octanol–water partition coefficient (Wildman–Crippen LogP) is 3.98. The molecule has 1 unspecified atom stereocenters. The Bertz CT molecular complexity index is 451. The van der Waals surface area contributed by atoms with E-state index in [1.807, 2.05) is 30.3 Å². The van der Waals surface area contributed by atoms with Crippen molar-refractivity contribution in [3.63, 3.8) is 0 Å². The molecule has 0 saturated carbocycles. The van der Waals surface area contributed by atoms with Crippen molar-refractivity contribution in [1.29, 1.82) is 0 Å². The van der Waals surface area contributed by atoms with Crippen LogP contribution in [0.5, 0.6) is 0 Å². The molecule has 0 aromatic heterocycles. The second-order valence-electron chi connectivity index (χ2n) is 5.10. The summed E-state index contributed by atoms with van der Waals surface area (Å²) in [5.41, 5.74) is 1.09. The van der Waals surface area contributed by atoms with Gasteiger partial charge in [0.25, 0.3) is 0 Å². The molecule has 0 amide bonds. The van der Waals surface area contributed by atoms with E-state index in [1.165, 1.54) is 25.3 Å². The molecular formula is C17H22O3. The van der Waals surface area contributed by atoms with Gasteiger partial charge in [-0.2, -0.15) is 0 Å². The van der Waals surface area contributed by atoms with Gasteiger partial charge in [0.2, 0.25) is 0 Å². The largest absolute Gasteiger partial charge is 0.489 e. The van der Waals surface area contributed by atoms with Crippen molar-refractivity contribution < 1.29 is 14.3 Å². The quantitative estimate of drug-likeness (QED) is 0.531. The highest BCUT2D eigenvalue weighted by Gasteiger charge is 2.27. The second kappa shape index (κ2) is 7.73. The maximum Gasteiger partial charge on any atom is 0.335 e. The summed E-state index contributed by atoms with van der Waals surface area (Å²) in [6.07, 6.45) is 6.82. The van der Waals surface area contributed by atoms with E-state index in [-0.39, 0.29) is 12.1 Å². The van der Waals surface area contributed by atoms with Gasteiger partial charge in [0.05, 0.1) is 6.08 Å². The number of cyclic esters (lactones) is 1.